The van der Waals surface area contributed by atoms with Crippen LogP contribution in [-0.2, 0) is 21.1 Å². The van der Waals surface area contributed by atoms with Gasteiger partial charge in [0.05, 0.1) is 29.7 Å². The van der Waals surface area contributed by atoms with Gasteiger partial charge in [-0.3, -0.25) is 0 Å². The molecule has 8 heteroatoms. The lowest BCUT2D eigenvalue weighted by Crippen LogP contribution is -2.44. The standard InChI is InChI=1S/C13H18ClN3O3S/c1-21(18,19)12-3-2-10(8-11(12)14)9-16-13(15)17-4-6-20-7-5-17/h2-3,8H,4-7,9H2,1H3,(H2,15,16). The molecule has 0 radical (unpaired) electrons. The highest BCUT2D eigenvalue weighted by atomic mass is 35.5. The van der Waals surface area contributed by atoms with Crippen molar-refractivity contribution in [3.05, 3.63) is 28.8 Å². The normalized spacial score (nSPS) is 17.0. The first-order valence-electron chi connectivity index (χ1n) is 6.49. The van der Waals surface area contributed by atoms with Gasteiger partial charge in [-0.2, -0.15) is 0 Å². The highest BCUT2D eigenvalue weighted by Crippen LogP contribution is 2.22. The van der Waals surface area contributed by atoms with E-state index in [1.807, 2.05) is 4.90 Å². The first kappa shape index (κ1) is 16.1. The number of guanidine groups is 1. The number of rotatable bonds is 3. The van der Waals surface area contributed by atoms with Crippen molar-refractivity contribution in [2.75, 3.05) is 32.6 Å². The Balaban J connectivity index is 2.08. The molecule has 0 unspecified atom stereocenters. The maximum Gasteiger partial charge on any atom is 0.191 e. The van der Waals surface area contributed by atoms with Crippen LogP contribution < -0.4 is 5.73 Å². The average Bonchev–Trinajstić information content (AvgIpc) is 2.44. The van der Waals surface area contributed by atoms with E-state index in [9.17, 15) is 8.42 Å². The highest BCUT2D eigenvalue weighted by Gasteiger charge is 2.14. The number of nitrogens with zero attached hydrogens (tertiary/aromatic N) is 2. The zero-order valence-electron chi connectivity index (χ0n) is 11.8. The zero-order valence-corrected chi connectivity index (χ0v) is 13.3. The van der Waals surface area contributed by atoms with Gasteiger partial charge in [0, 0.05) is 19.3 Å². The topological polar surface area (TPSA) is 85.0 Å². The molecule has 0 aliphatic carbocycles. The van der Waals surface area contributed by atoms with Crippen LogP contribution in [0.5, 0.6) is 0 Å². The van der Waals surface area contributed by atoms with Gasteiger partial charge >= 0.3 is 0 Å². The summed E-state index contributed by atoms with van der Waals surface area (Å²) in [5, 5.41) is 0.204. The van der Waals surface area contributed by atoms with Gasteiger partial charge in [-0.15, -0.1) is 0 Å². The molecule has 0 aromatic heterocycles. The Hall–Kier alpha value is -1.31. The summed E-state index contributed by atoms with van der Waals surface area (Å²) in [6, 6.07) is 4.79. The molecule has 116 valence electrons. The second-order valence-electron chi connectivity index (χ2n) is 4.81. The summed E-state index contributed by atoms with van der Waals surface area (Å²) in [6.07, 6.45) is 1.13. The third kappa shape index (κ3) is 4.33. The molecular weight excluding hydrogens is 314 g/mol. The number of halogens is 1. The Morgan fingerprint density at radius 3 is 2.67 bits per heavy atom. The van der Waals surface area contributed by atoms with Gasteiger partial charge in [0.25, 0.3) is 0 Å². The minimum absolute atomic E-state index is 0.123. The van der Waals surface area contributed by atoms with Crippen molar-refractivity contribution in [1.82, 2.24) is 4.90 Å². The molecule has 1 heterocycles. The predicted octanol–water partition coefficient (Wildman–Crippen LogP) is 0.890. The van der Waals surface area contributed by atoms with Crippen LogP contribution in [0.4, 0.5) is 0 Å². The maximum absolute atomic E-state index is 11.5. The van der Waals surface area contributed by atoms with Gasteiger partial charge in [-0.1, -0.05) is 17.7 Å². The molecule has 1 aliphatic heterocycles. The molecule has 1 saturated heterocycles. The van der Waals surface area contributed by atoms with Gasteiger partial charge < -0.3 is 15.4 Å². The number of nitrogens with two attached hydrogens (primary N) is 1. The van der Waals surface area contributed by atoms with Crippen molar-refractivity contribution in [3.8, 4) is 0 Å². The fraction of sp³-hybridized carbons (Fsp3) is 0.462. The molecule has 6 nitrogen and oxygen atoms in total. The van der Waals surface area contributed by atoms with Crippen molar-refractivity contribution >= 4 is 27.4 Å². The Labute approximate surface area is 129 Å². The van der Waals surface area contributed by atoms with Crippen molar-refractivity contribution in [3.63, 3.8) is 0 Å². The third-order valence-electron chi connectivity index (χ3n) is 3.15. The van der Waals surface area contributed by atoms with E-state index in [-0.39, 0.29) is 9.92 Å². The fourth-order valence-corrected chi connectivity index (χ4v) is 3.36. The first-order chi connectivity index (χ1) is 9.88. The summed E-state index contributed by atoms with van der Waals surface area (Å²) in [5.41, 5.74) is 6.73. The molecule has 1 aliphatic rings. The minimum Gasteiger partial charge on any atom is -0.378 e. The lowest BCUT2D eigenvalue weighted by atomic mass is 10.2. The number of sulfone groups is 1. The second-order valence-corrected chi connectivity index (χ2v) is 7.20. The van der Waals surface area contributed by atoms with E-state index >= 15 is 0 Å². The van der Waals surface area contributed by atoms with Gasteiger partial charge in [-0.05, 0) is 17.7 Å². The van der Waals surface area contributed by atoms with Crippen LogP contribution in [-0.4, -0.2) is 51.8 Å². The van der Waals surface area contributed by atoms with Crippen molar-refractivity contribution in [1.29, 1.82) is 0 Å². The van der Waals surface area contributed by atoms with Gasteiger partial charge in [0.1, 0.15) is 0 Å². The van der Waals surface area contributed by atoms with E-state index in [0.717, 1.165) is 24.9 Å². The number of hydrogen-bond donors (Lipinski definition) is 1. The van der Waals surface area contributed by atoms with Gasteiger partial charge in [-0.25, -0.2) is 13.4 Å². The van der Waals surface area contributed by atoms with E-state index in [4.69, 9.17) is 22.1 Å². The van der Waals surface area contributed by atoms with E-state index in [1.54, 1.807) is 12.1 Å². The largest absolute Gasteiger partial charge is 0.378 e. The molecule has 2 N–H and O–H groups in total. The van der Waals surface area contributed by atoms with Crippen LogP contribution in [0.2, 0.25) is 5.02 Å². The lowest BCUT2D eigenvalue weighted by Gasteiger charge is -2.27. The number of benzene rings is 1. The number of aliphatic imine (C=N–C) groups is 1. The highest BCUT2D eigenvalue weighted by molar-refractivity contribution is 7.90. The molecule has 1 aromatic carbocycles. The predicted molar refractivity (Wildman–Crippen MR) is 82.3 cm³/mol. The molecule has 1 aromatic rings. The zero-order chi connectivity index (χ0) is 15.5. The molecular formula is C13H18ClN3O3S. The molecule has 0 saturated carbocycles. The maximum atomic E-state index is 11.5. The van der Waals surface area contributed by atoms with Crippen LogP contribution >= 0.6 is 11.6 Å². The molecule has 0 spiro atoms. The summed E-state index contributed by atoms with van der Waals surface area (Å²) in [5.74, 6) is 0.460. The Morgan fingerprint density at radius 2 is 2.10 bits per heavy atom. The Kier molecular flexibility index (Phi) is 5.08. The molecule has 0 amide bonds. The summed E-state index contributed by atoms with van der Waals surface area (Å²) in [4.78, 5) is 6.39. The minimum atomic E-state index is -3.31. The van der Waals surface area contributed by atoms with Crippen LogP contribution in [0.1, 0.15) is 5.56 Å². The smallest absolute Gasteiger partial charge is 0.191 e. The number of morpholine rings is 1. The number of ether oxygens (including phenoxy) is 1. The van der Waals surface area contributed by atoms with Crippen molar-refractivity contribution < 1.29 is 13.2 Å². The molecule has 21 heavy (non-hydrogen) atoms. The summed E-state index contributed by atoms with van der Waals surface area (Å²) in [6.45, 7) is 3.09. The van der Waals surface area contributed by atoms with Crippen LogP contribution in [0, 0.1) is 0 Å². The summed E-state index contributed by atoms with van der Waals surface area (Å²) >= 11 is 5.99. The van der Waals surface area contributed by atoms with Crippen molar-refractivity contribution in [2.24, 2.45) is 10.7 Å². The van der Waals surface area contributed by atoms with E-state index in [2.05, 4.69) is 4.99 Å². The summed E-state index contributed by atoms with van der Waals surface area (Å²) < 4.78 is 28.2. The average molecular weight is 332 g/mol. The number of hydrogen-bond acceptors (Lipinski definition) is 4. The van der Waals surface area contributed by atoms with Crippen LogP contribution in [0.3, 0.4) is 0 Å². The van der Waals surface area contributed by atoms with Gasteiger partial charge in [0.15, 0.2) is 15.8 Å². The molecule has 0 atom stereocenters. The van der Waals surface area contributed by atoms with Crippen LogP contribution in [0.15, 0.2) is 28.1 Å². The molecule has 0 bridgehead atoms. The first-order valence-corrected chi connectivity index (χ1v) is 8.76. The molecule has 2 rings (SSSR count). The van der Waals surface area contributed by atoms with E-state index in [0.29, 0.717) is 25.7 Å². The Bertz CT molecular complexity index is 640. The summed E-state index contributed by atoms with van der Waals surface area (Å²) in [7, 11) is -3.31. The van der Waals surface area contributed by atoms with Gasteiger partial charge in [0.2, 0.25) is 0 Å². The van der Waals surface area contributed by atoms with Crippen molar-refractivity contribution in [2.45, 2.75) is 11.4 Å². The van der Waals surface area contributed by atoms with E-state index < -0.39 is 9.84 Å². The third-order valence-corrected chi connectivity index (χ3v) is 4.73. The molecule has 1 fully saturated rings. The lowest BCUT2D eigenvalue weighted by molar-refractivity contribution is 0.0674. The Morgan fingerprint density at radius 1 is 1.43 bits per heavy atom. The SMILES string of the molecule is CS(=O)(=O)c1ccc(CN=C(N)N2CCOCC2)cc1Cl. The van der Waals surface area contributed by atoms with Crippen LogP contribution in [0.25, 0.3) is 0 Å². The van der Waals surface area contributed by atoms with E-state index in [1.165, 1.54) is 6.07 Å². The fourth-order valence-electron chi connectivity index (χ4n) is 2.01. The monoisotopic (exact) mass is 331 g/mol. The second kappa shape index (κ2) is 6.64. The quantitative estimate of drug-likeness (QED) is 0.657.